The number of hydrogen-bond acceptors (Lipinski definition) is 3. The lowest BCUT2D eigenvalue weighted by Crippen LogP contribution is -1.94. The van der Waals surface area contributed by atoms with Crippen LogP contribution in [0.25, 0.3) is 0 Å². The maximum Gasteiger partial charge on any atom is 0.124 e. The number of aliphatic hydroxyl groups excluding tert-OH is 1. The molecular formula is C15H16O3. The number of para-hydroxylation sites is 2. The van der Waals surface area contributed by atoms with Crippen LogP contribution < -0.4 is 0 Å². The van der Waals surface area contributed by atoms with Crippen LogP contribution in [-0.4, -0.2) is 15.3 Å². The molecule has 0 unspecified atom stereocenters. The molecule has 3 nitrogen and oxygen atoms in total. The maximum absolute atomic E-state index is 9.97. The Bertz CT molecular complexity index is 562. The van der Waals surface area contributed by atoms with Crippen LogP contribution in [0.1, 0.15) is 22.3 Å². The average Bonchev–Trinajstić information content (AvgIpc) is 2.37. The summed E-state index contributed by atoms with van der Waals surface area (Å²) in [5, 5.41) is 29.0. The predicted octanol–water partition coefficient (Wildman–Crippen LogP) is 2.49. The molecule has 0 spiro atoms. The van der Waals surface area contributed by atoms with Crippen molar-refractivity contribution in [3.05, 3.63) is 58.7 Å². The molecule has 0 bridgehead atoms. The van der Waals surface area contributed by atoms with Gasteiger partial charge in [-0.05, 0) is 23.6 Å². The zero-order chi connectivity index (χ0) is 13.1. The van der Waals surface area contributed by atoms with E-state index in [-0.39, 0.29) is 18.1 Å². The van der Waals surface area contributed by atoms with Crippen LogP contribution in [0.3, 0.4) is 0 Å². The average molecular weight is 244 g/mol. The van der Waals surface area contributed by atoms with Crippen molar-refractivity contribution < 1.29 is 15.3 Å². The molecule has 0 aliphatic rings. The van der Waals surface area contributed by atoms with Crippen LogP contribution in [0.15, 0.2) is 36.4 Å². The standard InChI is InChI=1S/C15H16O3/c1-10-4-2-5-11(14(10)17)8-12-6-3-7-13(9-16)15(12)18/h2-7,16-18H,8-9H2,1H3. The number of benzene rings is 2. The lowest BCUT2D eigenvalue weighted by molar-refractivity contribution is 0.275. The van der Waals surface area contributed by atoms with E-state index < -0.39 is 0 Å². The molecule has 0 aromatic heterocycles. The van der Waals surface area contributed by atoms with E-state index in [1.807, 2.05) is 25.1 Å². The minimum absolute atomic E-state index is 0.0981. The molecule has 94 valence electrons. The summed E-state index contributed by atoms with van der Waals surface area (Å²) in [5.41, 5.74) is 2.77. The van der Waals surface area contributed by atoms with Gasteiger partial charge in [0.1, 0.15) is 11.5 Å². The van der Waals surface area contributed by atoms with E-state index in [0.29, 0.717) is 17.5 Å². The third-order valence-corrected chi connectivity index (χ3v) is 3.08. The van der Waals surface area contributed by atoms with Crippen molar-refractivity contribution in [3.8, 4) is 11.5 Å². The Labute approximate surface area is 106 Å². The maximum atomic E-state index is 9.97. The zero-order valence-electron chi connectivity index (χ0n) is 10.2. The predicted molar refractivity (Wildman–Crippen MR) is 69.7 cm³/mol. The lowest BCUT2D eigenvalue weighted by atomic mass is 9.99. The van der Waals surface area contributed by atoms with Gasteiger partial charge in [0.05, 0.1) is 6.61 Å². The molecule has 0 radical (unpaired) electrons. The Morgan fingerprint density at radius 3 is 2.06 bits per heavy atom. The van der Waals surface area contributed by atoms with Crippen molar-refractivity contribution in [3.63, 3.8) is 0 Å². The first kappa shape index (κ1) is 12.5. The van der Waals surface area contributed by atoms with Crippen LogP contribution in [-0.2, 0) is 13.0 Å². The molecule has 0 amide bonds. The number of aliphatic hydroxyl groups is 1. The first-order valence-electron chi connectivity index (χ1n) is 5.81. The molecule has 0 saturated carbocycles. The molecule has 0 aliphatic heterocycles. The normalized spacial score (nSPS) is 10.6. The molecule has 2 rings (SSSR count). The highest BCUT2D eigenvalue weighted by molar-refractivity contribution is 5.47. The van der Waals surface area contributed by atoms with Crippen molar-refractivity contribution in [2.45, 2.75) is 20.0 Å². The highest BCUT2D eigenvalue weighted by Gasteiger charge is 2.10. The lowest BCUT2D eigenvalue weighted by Gasteiger charge is -2.10. The van der Waals surface area contributed by atoms with E-state index in [1.54, 1.807) is 18.2 Å². The minimum atomic E-state index is -0.195. The van der Waals surface area contributed by atoms with Crippen molar-refractivity contribution in [2.75, 3.05) is 0 Å². The molecular weight excluding hydrogens is 228 g/mol. The van der Waals surface area contributed by atoms with Gasteiger partial charge < -0.3 is 15.3 Å². The molecule has 0 heterocycles. The molecule has 18 heavy (non-hydrogen) atoms. The Morgan fingerprint density at radius 1 is 0.833 bits per heavy atom. The van der Waals surface area contributed by atoms with Crippen LogP contribution in [0, 0.1) is 6.92 Å². The number of hydrogen-bond donors (Lipinski definition) is 3. The van der Waals surface area contributed by atoms with Gasteiger partial charge in [0.25, 0.3) is 0 Å². The van der Waals surface area contributed by atoms with E-state index >= 15 is 0 Å². The third kappa shape index (κ3) is 2.31. The summed E-state index contributed by atoms with van der Waals surface area (Å²) in [5.74, 6) is 0.354. The van der Waals surface area contributed by atoms with E-state index in [9.17, 15) is 10.2 Å². The highest BCUT2D eigenvalue weighted by atomic mass is 16.3. The molecule has 2 aromatic rings. The van der Waals surface area contributed by atoms with Crippen LogP contribution in [0.2, 0.25) is 0 Å². The molecule has 0 aliphatic carbocycles. The second kappa shape index (κ2) is 5.10. The quantitative estimate of drug-likeness (QED) is 0.777. The largest absolute Gasteiger partial charge is 0.507 e. The topological polar surface area (TPSA) is 60.7 Å². The Hall–Kier alpha value is -2.00. The Kier molecular flexibility index (Phi) is 3.53. The van der Waals surface area contributed by atoms with Crippen molar-refractivity contribution >= 4 is 0 Å². The fourth-order valence-corrected chi connectivity index (χ4v) is 1.98. The molecule has 3 heteroatoms. The summed E-state index contributed by atoms with van der Waals surface area (Å²) in [4.78, 5) is 0. The number of phenols is 2. The van der Waals surface area contributed by atoms with Crippen LogP contribution in [0.4, 0.5) is 0 Å². The Balaban J connectivity index is 2.37. The summed E-state index contributed by atoms with van der Waals surface area (Å²) in [6, 6.07) is 10.8. The number of aromatic hydroxyl groups is 2. The van der Waals surface area contributed by atoms with Gasteiger partial charge in [0.2, 0.25) is 0 Å². The van der Waals surface area contributed by atoms with E-state index in [1.165, 1.54) is 0 Å². The molecule has 2 aromatic carbocycles. The minimum Gasteiger partial charge on any atom is -0.507 e. The fourth-order valence-electron chi connectivity index (χ4n) is 1.98. The molecule has 0 atom stereocenters. The van der Waals surface area contributed by atoms with Gasteiger partial charge in [-0.3, -0.25) is 0 Å². The van der Waals surface area contributed by atoms with Gasteiger partial charge >= 0.3 is 0 Å². The smallest absolute Gasteiger partial charge is 0.124 e. The number of aryl methyl sites for hydroxylation is 1. The summed E-state index contributed by atoms with van der Waals surface area (Å²) in [6.07, 6.45) is 0.438. The van der Waals surface area contributed by atoms with Gasteiger partial charge in [-0.25, -0.2) is 0 Å². The molecule has 0 fully saturated rings. The first-order chi connectivity index (χ1) is 8.63. The fraction of sp³-hybridized carbons (Fsp3) is 0.200. The first-order valence-corrected chi connectivity index (χ1v) is 5.81. The van der Waals surface area contributed by atoms with Gasteiger partial charge in [0, 0.05) is 12.0 Å². The van der Waals surface area contributed by atoms with E-state index in [4.69, 9.17) is 5.11 Å². The van der Waals surface area contributed by atoms with Crippen molar-refractivity contribution in [2.24, 2.45) is 0 Å². The highest BCUT2D eigenvalue weighted by Crippen LogP contribution is 2.29. The number of phenolic OH excluding ortho intramolecular Hbond substituents is 1. The summed E-state index contributed by atoms with van der Waals surface area (Å²) in [6.45, 7) is 1.64. The van der Waals surface area contributed by atoms with Crippen LogP contribution in [0.5, 0.6) is 11.5 Å². The third-order valence-electron chi connectivity index (χ3n) is 3.08. The van der Waals surface area contributed by atoms with E-state index in [0.717, 1.165) is 11.1 Å². The second-order valence-electron chi connectivity index (χ2n) is 4.34. The van der Waals surface area contributed by atoms with Gasteiger partial charge in [0.15, 0.2) is 0 Å². The van der Waals surface area contributed by atoms with E-state index in [2.05, 4.69) is 0 Å². The summed E-state index contributed by atoms with van der Waals surface area (Å²) >= 11 is 0. The van der Waals surface area contributed by atoms with Gasteiger partial charge in [-0.1, -0.05) is 36.4 Å². The summed E-state index contributed by atoms with van der Waals surface area (Å²) < 4.78 is 0. The van der Waals surface area contributed by atoms with Crippen molar-refractivity contribution in [1.29, 1.82) is 0 Å². The van der Waals surface area contributed by atoms with Crippen LogP contribution >= 0.6 is 0 Å². The second-order valence-corrected chi connectivity index (χ2v) is 4.34. The zero-order valence-corrected chi connectivity index (χ0v) is 10.2. The number of rotatable bonds is 3. The van der Waals surface area contributed by atoms with Gasteiger partial charge in [-0.15, -0.1) is 0 Å². The SMILES string of the molecule is Cc1cccc(Cc2cccc(CO)c2O)c1O. The monoisotopic (exact) mass is 244 g/mol. The van der Waals surface area contributed by atoms with Crippen molar-refractivity contribution in [1.82, 2.24) is 0 Å². The molecule has 0 saturated heterocycles. The summed E-state index contributed by atoms with van der Waals surface area (Å²) in [7, 11) is 0. The molecule has 3 N–H and O–H groups in total. The Morgan fingerprint density at radius 2 is 1.39 bits per heavy atom. The van der Waals surface area contributed by atoms with Gasteiger partial charge in [-0.2, -0.15) is 0 Å².